The Hall–Kier alpha value is -2.89. The molecule has 0 aliphatic heterocycles. The van der Waals surface area contributed by atoms with Crippen molar-refractivity contribution in [2.45, 2.75) is 33.3 Å². The van der Waals surface area contributed by atoms with Gasteiger partial charge in [-0.1, -0.05) is 25.1 Å². The van der Waals surface area contributed by atoms with E-state index in [4.69, 9.17) is 9.47 Å². The van der Waals surface area contributed by atoms with Gasteiger partial charge in [0.05, 0.1) is 12.2 Å². The number of hydrogen-bond donors (Lipinski definition) is 1. The molecule has 26 heavy (non-hydrogen) atoms. The van der Waals surface area contributed by atoms with Crippen molar-refractivity contribution in [3.63, 3.8) is 0 Å². The molecule has 0 bridgehead atoms. The van der Waals surface area contributed by atoms with Gasteiger partial charge in [-0.15, -0.1) is 0 Å². The van der Waals surface area contributed by atoms with Crippen LogP contribution in [0.1, 0.15) is 36.2 Å². The van der Waals surface area contributed by atoms with Gasteiger partial charge in [0, 0.05) is 5.69 Å². The van der Waals surface area contributed by atoms with Crippen LogP contribution in [0.2, 0.25) is 0 Å². The van der Waals surface area contributed by atoms with Crippen molar-refractivity contribution in [3.05, 3.63) is 59.4 Å². The minimum absolute atomic E-state index is 0.0199. The average Bonchev–Trinajstić information content (AvgIpc) is 2.62. The van der Waals surface area contributed by atoms with Crippen molar-refractivity contribution in [2.75, 3.05) is 11.9 Å². The van der Waals surface area contributed by atoms with E-state index in [1.165, 1.54) is 12.1 Å². The first-order chi connectivity index (χ1) is 12.5. The third-order valence-electron chi connectivity index (χ3n) is 3.86. The third-order valence-corrected chi connectivity index (χ3v) is 3.86. The minimum atomic E-state index is -0.863. The molecule has 0 fully saturated rings. The van der Waals surface area contributed by atoms with Crippen LogP contribution < -0.4 is 10.1 Å². The van der Waals surface area contributed by atoms with Gasteiger partial charge in [0.2, 0.25) is 0 Å². The first-order valence-corrected chi connectivity index (χ1v) is 8.46. The smallest absolute Gasteiger partial charge is 0.338 e. The predicted molar refractivity (Wildman–Crippen MR) is 96.9 cm³/mol. The Morgan fingerprint density at radius 2 is 1.85 bits per heavy atom. The number of nitrogens with one attached hydrogen (secondary N) is 1. The van der Waals surface area contributed by atoms with Crippen molar-refractivity contribution >= 4 is 17.6 Å². The van der Waals surface area contributed by atoms with Crippen LogP contribution in [0.15, 0.2) is 42.5 Å². The molecular formula is C20H22FNO4. The fourth-order valence-electron chi connectivity index (χ4n) is 2.43. The van der Waals surface area contributed by atoms with Crippen molar-refractivity contribution < 1.29 is 23.5 Å². The number of amides is 1. The molecule has 0 saturated heterocycles. The molecule has 0 aliphatic rings. The summed E-state index contributed by atoms with van der Waals surface area (Å²) < 4.78 is 24.3. The van der Waals surface area contributed by atoms with E-state index in [0.717, 1.165) is 0 Å². The van der Waals surface area contributed by atoms with Crippen molar-refractivity contribution in [3.8, 4) is 5.75 Å². The quantitative estimate of drug-likeness (QED) is 0.756. The van der Waals surface area contributed by atoms with Crippen LogP contribution in [-0.4, -0.2) is 24.6 Å². The normalized spacial score (nSPS) is 11.5. The van der Waals surface area contributed by atoms with E-state index in [9.17, 15) is 14.0 Å². The summed E-state index contributed by atoms with van der Waals surface area (Å²) in [5.74, 6) is -1.37. The molecule has 0 aromatic heterocycles. The Kier molecular flexibility index (Phi) is 6.72. The van der Waals surface area contributed by atoms with Gasteiger partial charge in [-0.25, -0.2) is 9.18 Å². The van der Waals surface area contributed by atoms with E-state index >= 15 is 0 Å². The van der Waals surface area contributed by atoms with Gasteiger partial charge >= 0.3 is 5.97 Å². The molecule has 1 amide bonds. The summed E-state index contributed by atoms with van der Waals surface area (Å²) in [6.45, 7) is 5.49. The number of para-hydroxylation sites is 1. The second kappa shape index (κ2) is 8.99. The minimum Gasteiger partial charge on any atom is -0.478 e. The van der Waals surface area contributed by atoms with Crippen LogP contribution in [-0.2, 0) is 9.53 Å². The zero-order chi connectivity index (χ0) is 19.1. The Labute approximate surface area is 152 Å². The summed E-state index contributed by atoms with van der Waals surface area (Å²) in [6, 6.07) is 10.9. The summed E-state index contributed by atoms with van der Waals surface area (Å²) in [4.78, 5) is 24.5. The lowest BCUT2D eigenvalue weighted by Crippen LogP contribution is -2.33. The van der Waals surface area contributed by atoms with Crippen LogP contribution in [0.25, 0.3) is 0 Å². The number of esters is 1. The second-order valence-electron chi connectivity index (χ2n) is 5.63. The number of anilines is 1. The number of carbonyl (C=O) groups is 2. The number of benzene rings is 2. The lowest BCUT2D eigenvalue weighted by atomic mass is 10.1. The molecule has 0 radical (unpaired) electrons. The van der Waals surface area contributed by atoms with E-state index < -0.39 is 23.8 Å². The standard InChI is InChI=1S/C20H22FNO4/c1-4-17(26-18-12-7-6-10-15(18)21)19(23)22-16-11-8-9-14(13(16)3)20(24)25-5-2/h6-12,17H,4-5H2,1-3H3,(H,22,23). The highest BCUT2D eigenvalue weighted by molar-refractivity contribution is 5.98. The summed E-state index contributed by atoms with van der Waals surface area (Å²) >= 11 is 0. The molecule has 6 heteroatoms. The van der Waals surface area contributed by atoms with E-state index in [-0.39, 0.29) is 12.4 Å². The van der Waals surface area contributed by atoms with Crippen LogP contribution in [0.3, 0.4) is 0 Å². The van der Waals surface area contributed by atoms with Crippen molar-refractivity contribution in [2.24, 2.45) is 0 Å². The maximum atomic E-state index is 13.7. The summed E-state index contributed by atoms with van der Waals surface area (Å²) in [5.41, 5.74) is 1.46. The molecule has 0 aliphatic carbocycles. The highest BCUT2D eigenvalue weighted by Crippen LogP contribution is 2.22. The fraction of sp³-hybridized carbons (Fsp3) is 0.300. The largest absolute Gasteiger partial charge is 0.478 e. The number of halogens is 1. The average molecular weight is 359 g/mol. The van der Waals surface area contributed by atoms with Gasteiger partial charge in [-0.05, 0) is 50.1 Å². The van der Waals surface area contributed by atoms with Crippen LogP contribution >= 0.6 is 0 Å². The molecule has 2 aromatic rings. The van der Waals surface area contributed by atoms with Crippen LogP contribution in [0.4, 0.5) is 10.1 Å². The molecule has 0 spiro atoms. The van der Waals surface area contributed by atoms with E-state index in [2.05, 4.69) is 5.32 Å². The lowest BCUT2D eigenvalue weighted by molar-refractivity contribution is -0.122. The van der Waals surface area contributed by atoms with Gasteiger partial charge in [-0.3, -0.25) is 4.79 Å². The Balaban J connectivity index is 2.16. The molecule has 1 N–H and O–H groups in total. The van der Waals surface area contributed by atoms with Crippen LogP contribution in [0.5, 0.6) is 5.75 Å². The van der Waals surface area contributed by atoms with E-state index in [1.807, 2.05) is 0 Å². The van der Waals surface area contributed by atoms with Gasteiger partial charge in [0.15, 0.2) is 17.7 Å². The third kappa shape index (κ3) is 4.59. The molecule has 2 rings (SSSR count). The van der Waals surface area contributed by atoms with Crippen molar-refractivity contribution in [1.82, 2.24) is 0 Å². The highest BCUT2D eigenvalue weighted by atomic mass is 19.1. The number of rotatable bonds is 7. The Morgan fingerprint density at radius 3 is 2.50 bits per heavy atom. The number of carbonyl (C=O) groups excluding carboxylic acids is 2. The van der Waals surface area contributed by atoms with E-state index in [0.29, 0.717) is 23.2 Å². The molecule has 5 nitrogen and oxygen atoms in total. The molecular weight excluding hydrogens is 337 g/mol. The molecule has 0 heterocycles. The topological polar surface area (TPSA) is 64.6 Å². The second-order valence-corrected chi connectivity index (χ2v) is 5.63. The monoisotopic (exact) mass is 359 g/mol. The summed E-state index contributed by atoms with van der Waals surface area (Å²) in [6.07, 6.45) is -0.505. The Bertz CT molecular complexity index is 791. The van der Waals surface area contributed by atoms with Crippen LogP contribution in [0, 0.1) is 12.7 Å². The van der Waals surface area contributed by atoms with Gasteiger partial charge in [0.1, 0.15) is 0 Å². The summed E-state index contributed by atoms with van der Waals surface area (Å²) in [7, 11) is 0. The molecule has 138 valence electrons. The van der Waals surface area contributed by atoms with Crippen molar-refractivity contribution in [1.29, 1.82) is 0 Å². The SMILES string of the molecule is CCOC(=O)c1cccc(NC(=O)C(CC)Oc2ccccc2F)c1C. The van der Waals surface area contributed by atoms with Gasteiger partial charge in [-0.2, -0.15) is 0 Å². The first-order valence-electron chi connectivity index (χ1n) is 8.46. The summed E-state index contributed by atoms with van der Waals surface area (Å²) in [5, 5.41) is 2.74. The number of ether oxygens (including phenoxy) is 2. The van der Waals surface area contributed by atoms with E-state index in [1.54, 1.807) is 51.1 Å². The molecule has 1 unspecified atom stereocenters. The highest BCUT2D eigenvalue weighted by Gasteiger charge is 2.21. The lowest BCUT2D eigenvalue weighted by Gasteiger charge is -2.19. The van der Waals surface area contributed by atoms with Gasteiger partial charge < -0.3 is 14.8 Å². The Morgan fingerprint density at radius 1 is 1.12 bits per heavy atom. The molecule has 0 saturated carbocycles. The number of hydrogen-bond acceptors (Lipinski definition) is 4. The molecule has 1 atom stereocenters. The zero-order valence-corrected chi connectivity index (χ0v) is 15.0. The maximum absolute atomic E-state index is 13.7. The van der Waals surface area contributed by atoms with Gasteiger partial charge in [0.25, 0.3) is 5.91 Å². The predicted octanol–water partition coefficient (Wildman–Crippen LogP) is 4.11. The zero-order valence-electron chi connectivity index (χ0n) is 15.0. The maximum Gasteiger partial charge on any atom is 0.338 e. The first kappa shape index (κ1) is 19.4. The fourth-order valence-corrected chi connectivity index (χ4v) is 2.43. The molecule has 2 aromatic carbocycles.